The topological polar surface area (TPSA) is 66.1 Å². The number of benzene rings is 1. The van der Waals surface area contributed by atoms with E-state index in [9.17, 15) is 22.8 Å². The highest BCUT2D eigenvalue weighted by Gasteiger charge is 2.30. The average Bonchev–Trinajstić information content (AvgIpc) is 2.86. The molecule has 9 heteroatoms. The number of ether oxygens (including phenoxy) is 1. The summed E-state index contributed by atoms with van der Waals surface area (Å²) >= 11 is 0. The lowest BCUT2D eigenvalue weighted by Crippen LogP contribution is -2.26. The Morgan fingerprint density at radius 1 is 1.22 bits per heavy atom. The molecular weight excluding hydrogens is 363 g/mol. The fraction of sp³-hybridized carbons (Fsp3) is 0.278. The number of aryl methyl sites for hydroxylation is 1. The first-order valence-corrected chi connectivity index (χ1v) is 8.11. The van der Waals surface area contributed by atoms with E-state index in [0.29, 0.717) is 22.3 Å². The Labute approximate surface area is 151 Å². The van der Waals surface area contributed by atoms with Gasteiger partial charge in [0.05, 0.1) is 17.7 Å². The van der Waals surface area contributed by atoms with Crippen LogP contribution in [0.1, 0.15) is 12.5 Å². The molecule has 0 aliphatic heterocycles. The second kappa shape index (κ2) is 6.90. The zero-order valence-corrected chi connectivity index (χ0v) is 14.6. The third kappa shape index (κ3) is 3.57. The molecule has 0 saturated heterocycles. The summed E-state index contributed by atoms with van der Waals surface area (Å²) in [6.07, 6.45) is -3.07. The number of alkyl halides is 3. The van der Waals surface area contributed by atoms with Crippen LogP contribution in [0.3, 0.4) is 0 Å². The van der Waals surface area contributed by atoms with Crippen molar-refractivity contribution >= 4 is 17.1 Å². The van der Waals surface area contributed by atoms with Crippen molar-refractivity contribution in [3.05, 3.63) is 52.6 Å². The van der Waals surface area contributed by atoms with E-state index in [1.807, 2.05) is 0 Å². The number of aromatic nitrogens is 3. The van der Waals surface area contributed by atoms with E-state index in [0.717, 1.165) is 12.1 Å². The molecule has 0 radical (unpaired) electrons. The number of halogens is 3. The van der Waals surface area contributed by atoms with Gasteiger partial charge in [0.15, 0.2) is 5.65 Å². The smallest absolute Gasteiger partial charge is 0.416 e. The van der Waals surface area contributed by atoms with Gasteiger partial charge in [-0.2, -0.15) is 13.2 Å². The maximum atomic E-state index is 13.0. The molecule has 0 aliphatic carbocycles. The molecule has 0 N–H and O–H groups in total. The van der Waals surface area contributed by atoms with Crippen LogP contribution in [0.5, 0.6) is 0 Å². The van der Waals surface area contributed by atoms with Gasteiger partial charge in [0.1, 0.15) is 6.54 Å². The summed E-state index contributed by atoms with van der Waals surface area (Å²) in [6.45, 7) is 1.51. The molecule has 3 rings (SSSR count). The number of hydrogen-bond acceptors (Lipinski definition) is 4. The van der Waals surface area contributed by atoms with Crippen molar-refractivity contribution in [2.45, 2.75) is 19.6 Å². The zero-order valence-electron chi connectivity index (χ0n) is 14.6. The summed E-state index contributed by atoms with van der Waals surface area (Å²) in [6, 6.07) is 6.36. The molecule has 0 aliphatic rings. The first-order chi connectivity index (χ1) is 12.7. The molecule has 3 aromatic rings. The number of fused-ring (bicyclic) bond motifs is 1. The number of esters is 1. The highest BCUT2D eigenvalue weighted by molar-refractivity contribution is 5.80. The number of imidazole rings is 1. The van der Waals surface area contributed by atoms with Crippen molar-refractivity contribution in [3.63, 3.8) is 0 Å². The molecule has 27 heavy (non-hydrogen) atoms. The highest BCUT2D eigenvalue weighted by atomic mass is 19.4. The standard InChI is InChI=1S/C18H16F3N3O3/c1-3-27-15(25)10-24-14-8-12(9-22-16(14)23(2)17(24)26)11-5-4-6-13(7-11)18(19,20)21/h4-9H,3,10H2,1-2H3. The Morgan fingerprint density at radius 3 is 2.63 bits per heavy atom. The molecule has 0 amide bonds. The van der Waals surface area contributed by atoms with Crippen LogP contribution in [-0.2, 0) is 29.3 Å². The van der Waals surface area contributed by atoms with Gasteiger partial charge in [0.2, 0.25) is 0 Å². The molecule has 2 aromatic heterocycles. The summed E-state index contributed by atoms with van der Waals surface area (Å²) in [4.78, 5) is 28.4. The van der Waals surface area contributed by atoms with Crippen LogP contribution in [0, 0.1) is 0 Å². The van der Waals surface area contributed by atoms with E-state index in [1.54, 1.807) is 13.0 Å². The van der Waals surface area contributed by atoms with Gasteiger partial charge >= 0.3 is 17.8 Å². The summed E-state index contributed by atoms with van der Waals surface area (Å²) in [5, 5.41) is 0. The minimum atomic E-state index is -4.47. The molecule has 6 nitrogen and oxygen atoms in total. The van der Waals surface area contributed by atoms with Crippen molar-refractivity contribution in [3.8, 4) is 11.1 Å². The van der Waals surface area contributed by atoms with Crippen LogP contribution in [0.15, 0.2) is 41.3 Å². The number of carbonyl (C=O) groups excluding carboxylic acids is 1. The maximum absolute atomic E-state index is 13.0. The number of nitrogens with zero attached hydrogens (tertiary/aromatic N) is 3. The van der Waals surface area contributed by atoms with Crippen molar-refractivity contribution in [1.29, 1.82) is 0 Å². The van der Waals surface area contributed by atoms with Gasteiger partial charge in [-0.05, 0) is 30.7 Å². The second-order valence-corrected chi connectivity index (χ2v) is 5.88. The second-order valence-electron chi connectivity index (χ2n) is 5.88. The van der Waals surface area contributed by atoms with Gasteiger partial charge in [0, 0.05) is 18.8 Å². The van der Waals surface area contributed by atoms with Crippen molar-refractivity contribution < 1.29 is 22.7 Å². The Morgan fingerprint density at radius 2 is 1.96 bits per heavy atom. The van der Waals surface area contributed by atoms with E-state index in [2.05, 4.69) is 4.98 Å². The third-order valence-corrected chi connectivity index (χ3v) is 4.09. The summed E-state index contributed by atoms with van der Waals surface area (Å²) in [7, 11) is 1.50. The van der Waals surface area contributed by atoms with Crippen molar-refractivity contribution in [2.75, 3.05) is 6.61 Å². The monoisotopic (exact) mass is 379 g/mol. The molecule has 1 aromatic carbocycles. The normalized spacial score (nSPS) is 11.7. The van der Waals surface area contributed by atoms with Crippen LogP contribution < -0.4 is 5.69 Å². The molecule has 142 valence electrons. The van der Waals surface area contributed by atoms with Gasteiger partial charge < -0.3 is 4.74 Å². The Kier molecular flexibility index (Phi) is 4.77. The number of carbonyl (C=O) groups is 1. The third-order valence-electron chi connectivity index (χ3n) is 4.09. The molecule has 2 heterocycles. The van der Waals surface area contributed by atoms with Gasteiger partial charge in [-0.25, -0.2) is 9.78 Å². The minimum absolute atomic E-state index is 0.173. The van der Waals surface area contributed by atoms with Crippen molar-refractivity contribution in [1.82, 2.24) is 14.1 Å². The Bertz CT molecular complexity index is 1070. The highest BCUT2D eigenvalue weighted by Crippen LogP contribution is 2.32. The first kappa shape index (κ1) is 18.7. The predicted molar refractivity (Wildman–Crippen MR) is 92.0 cm³/mol. The van der Waals surface area contributed by atoms with Crippen LogP contribution in [-0.4, -0.2) is 26.7 Å². The Hall–Kier alpha value is -3.10. The van der Waals surface area contributed by atoms with Crippen LogP contribution in [0.25, 0.3) is 22.3 Å². The lowest BCUT2D eigenvalue weighted by Gasteiger charge is -2.09. The Balaban J connectivity index is 2.12. The first-order valence-electron chi connectivity index (χ1n) is 8.11. The molecule has 0 unspecified atom stereocenters. The molecule has 0 atom stereocenters. The fourth-order valence-electron chi connectivity index (χ4n) is 2.80. The van der Waals surface area contributed by atoms with E-state index >= 15 is 0 Å². The lowest BCUT2D eigenvalue weighted by atomic mass is 10.0. The fourth-order valence-corrected chi connectivity index (χ4v) is 2.80. The number of pyridine rings is 1. The van der Waals surface area contributed by atoms with Gasteiger partial charge in [0.25, 0.3) is 0 Å². The molecule has 0 saturated carbocycles. The van der Waals surface area contributed by atoms with E-state index < -0.39 is 23.4 Å². The lowest BCUT2D eigenvalue weighted by molar-refractivity contribution is -0.143. The van der Waals surface area contributed by atoms with Gasteiger partial charge in [-0.1, -0.05) is 12.1 Å². The molecule has 0 spiro atoms. The quantitative estimate of drug-likeness (QED) is 0.654. The van der Waals surface area contributed by atoms with Gasteiger partial charge in [-0.15, -0.1) is 0 Å². The predicted octanol–water partition coefficient (Wildman–Crippen LogP) is 2.98. The number of hydrogen-bond donors (Lipinski definition) is 0. The van der Waals surface area contributed by atoms with E-state index in [4.69, 9.17) is 4.74 Å². The summed E-state index contributed by atoms with van der Waals surface area (Å²) < 4.78 is 46.2. The largest absolute Gasteiger partial charge is 0.465 e. The van der Waals surface area contributed by atoms with Crippen LogP contribution in [0.2, 0.25) is 0 Å². The van der Waals surface area contributed by atoms with Crippen molar-refractivity contribution in [2.24, 2.45) is 7.05 Å². The van der Waals surface area contributed by atoms with Gasteiger partial charge in [-0.3, -0.25) is 13.9 Å². The molecule has 0 bridgehead atoms. The molecular formula is C18H16F3N3O3. The molecule has 0 fully saturated rings. The minimum Gasteiger partial charge on any atom is -0.465 e. The van der Waals surface area contributed by atoms with E-state index in [-0.39, 0.29) is 13.2 Å². The summed E-state index contributed by atoms with van der Waals surface area (Å²) in [5.41, 5.74) is 0.115. The SMILES string of the molecule is CCOC(=O)Cn1c(=O)n(C)c2ncc(-c3cccc(C(F)(F)F)c3)cc21. The number of rotatable bonds is 4. The van der Waals surface area contributed by atoms with Crippen LogP contribution >= 0.6 is 0 Å². The summed E-state index contributed by atoms with van der Waals surface area (Å²) in [5.74, 6) is -0.587. The van der Waals surface area contributed by atoms with E-state index in [1.165, 1.54) is 34.5 Å². The van der Waals surface area contributed by atoms with Crippen LogP contribution in [0.4, 0.5) is 13.2 Å². The maximum Gasteiger partial charge on any atom is 0.416 e. The average molecular weight is 379 g/mol. The zero-order chi connectivity index (χ0) is 19.8.